The molecular weight excluding hydrogens is 408 g/mol. The molecule has 2 aromatic carbocycles. The molecule has 1 heterocycles. The van der Waals surface area contributed by atoms with Gasteiger partial charge in [-0.25, -0.2) is 9.59 Å². The number of ether oxygens (including phenoxy) is 3. The third kappa shape index (κ3) is 5.22. The molecule has 0 aliphatic carbocycles. The Balaban J connectivity index is 1.91. The van der Waals surface area contributed by atoms with Crippen LogP contribution in [0.25, 0.3) is 0 Å². The zero-order chi connectivity index (χ0) is 23.3. The Morgan fingerprint density at radius 1 is 0.969 bits per heavy atom. The lowest BCUT2D eigenvalue weighted by Crippen LogP contribution is -2.45. The van der Waals surface area contributed by atoms with E-state index in [9.17, 15) is 9.59 Å². The maximum atomic E-state index is 12.6. The second kappa shape index (κ2) is 10.2. The first-order valence-corrected chi connectivity index (χ1v) is 10.7. The van der Waals surface area contributed by atoms with Crippen molar-refractivity contribution in [3.05, 3.63) is 69.9 Å². The van der Waals surface area contributed by atoms with Gasteiger partial charge in [-0.05, 0) is 63.4 Å². The van der Waals surface area contributed by atoms with Crippen LogP contribution in [0.15, 0.2) is 47.7 Å². The molecule has 3 rings (SSSR count). The van der Waals surface area contributed by atoms with Gasteiger partial charge in [-0.15, -0.1) is 0 Å². The van der Waals surface area contributed by atoms with Crippen molar-refractivity contribution in [1.29, 1.82) is 0 Å². The normalized spacial score (nSPS) is 15.7. The number of aryl methyl sites for hydroxylation is 2. The van der Waals surface area contributed by atoms with E-state index in [-0.39, 0.29) is 12.6 Å². The predicted octanol–water partition coefficient (Wildman–Crippen LogP) is 4.47. The molecule has 1 aliphatic heterocycles. The molecule has 2 aromatic rings. The number of benzene rings is 2. The number of amides is 2. The lowest BCUT2D eigenvalue weighted by Gasteiger charge is -2.28. The van der Waals surface area contributed by atoms with Gasteiger partial charge >= 0.3 is 12.0 Å². The summed E-state index contributed by atoms with van der Waals surface area (Å²) in [5.74, 6) is 0.662. The monoisotopic (exact) mass is 438 g/mol. The van der Waals surface area contributed by atoms with E-state index in [0.717, 1.165) is 11.1 Å². The van der Waals surface area contributed by atoms with Crippen LogP contribution in [-0.4, -0.2) is 25.2 Å². The van der Waals surface area contributed by atoms with Crippen molar-refractivity contribution in [2.75, 3.05) is 13.2 Å². The molecule has 1 unspecified atom stereocenters. The van der Waals surface area contributed by atoms with Gasteiger partial charge in [0.05, 0.1) is 24.8 Å². The number of esters is 1. The number of rotatable bonds is 8. The maximum Gasteiger partial charge on any atom is 0.338 e. The standard InChI is InChI=1S/C25H30N2O5/c1-6-30-21-13-18(23-22(24(28)31-7-2)17(5)26-25(29)27-23)10-11-20(21)32-14-19-12-15(3)8-9-16(19)4/h8-13,23H,6-7,14H2,1-5H3,(H2,26,27,29). The quantitative estimate of drug-likeness (QED) is 0.594. The summed E-state index contributed by atoms with van der Waals surface area (Å²) in [6.45, 7) is 10.5. The molecule has 0 saturated carbocycles. The van der Waals surface area contributed by atoms with E-state index in [1.807, 2.05) is 19.9 Å². The van der Waals surface area contributed by atoms with Gasteiger partial charge in [-0.2, -0.15) is 0 Å². The average Bonchev–Trinajstić information content (AvgIpc) is 2.74. The Bertz CT molecular complexity index is 1040. The summed E-state index contributed by atoms with van der Waals surface area (Å²) < 4.78 is 17.1. The molecule has 32 heavy (non-hydrogen) atoms. The van der Waals surface area contributed by atoms with E-state index in [1.165, 1.54) is 5.56 Å². The molecule has 170 valence electrons. The number of hydrogen-bond donors (Lipinski definition) is 2. The summed E-state index contributed by atoms with van der Waals surface area (Å²) in [6, 6.07) is 10.6. The third-order valence-corrected chi connectivity index (χ3v) is 5.25. The highest BCUT2D eigenvalue weighted by Crippen LogP contribution is 2.35. The van der Waals surface area contributed by atoms with Crippen molar-refractivity contribution in [1.82, 2.24) is 10.6 Å². The number of nitrogens with one attached hydrogen (secondary N) is 2. The number of urea groups is 1. The molecule has 0 bridgehead atoms. The molecule has 7 nitrogen and oxygen atoms in total. The maximum absolute atomic E-state index is 12.6. The average molecular weight is 439 g/mol. The summed E-state index contributed by atoms with van der Waals surface area (Å²) in [4.78, 5) is 24.7. The van der Waals surface area contributed by atoms with E-state index in [4.69, 9.17) is 14.2 Å². The minimum absolute atomic E-state index is 0.242. The molecule has 7 heteroatoms. The van der Waals surface area contributed by atoms with Crippen LogP contribution in [0.1, 0.15) is 49.1 Å². The van der Waals surface area contributed by atoms with Crippen molar-refractivity contribution in [3.8, 4) is 11.5 Å². The van der Waals surface area contributed by atoms with Gasteiger partial charge in [-0.1, -0.05) is 29.8 Å². The molecule has 0 radical (unpaired) electrons. The van der Waals surface area contributed by atoms with Crippen molar-refractivity contribution < 1.29 is 23.8 Å². The Kier molecular flexibility index (Phi) is 7.41. The van der Waals surface area contributed by atoms with Crippen molar-refractivity contribution in [2.45, 2.75) is 47.3 Å². The van der Waals surface area contributed by atoms with Crippen LogP contribution in [0.5, 0.6) is 11.5 Å². The van der Waals surface area contributed by atoms with Crippen LogP contribution in [-0.2, 0) is 16.1 Å². The van der Waals surface area contributed by atoms with E-state index < -0.39 is 12.0 Å². The van der Waals surface area contributed by atoms with Gasteiger partial charge in [0.1, 0.15) is 6.61 Å². The van der Waals surface area contributed by atoms with Crippen LogP contribution in [0.3, 0.4) is 0 Å². The van der Waals surface area contributed by atoms with Gasteiger partial charge in [0.25, 0.3) is 0 Å². The van der Waals surface area contributed by atoms with Gasteiger partial charge < -0.3 is 24.8 Å². The molecular formula is C25H30N2O5. The number of allylic oxidation sites excluding steroid dienone is 1. The van der Waals surface area contributed by atoms with Crippen LogP contribution >= 0.6 is 0 Å². The van der Waals surface area contributed by atoms with E-state index in [2.05, 4.69) is 35.8 Å². The first-order valence-electron chi connectivity index (χ1n) is 10.7. The van der Waals surface area contributed by atoms with Gasteiger partial charge in [0.15, 0.2) is 11.5 Å². The van der Waals surface area contributed by atoms with Gasteiger partial charge in [0.2, 0.25) is 0 Å². The lowest BCUT2D eigenvalue weighted by atomic mass is 9.95. The van der Waals surface area contributed by atoms with Crippen LogP contribution < -0.4 is 20.1 Å². The van der Waals surface area contributed by atoms with E-state index in [0.29, 0.717) is 41.5 Å². The van der Waals surface area contributed by atoms with Crippen molar-refractivity contribution >= 4 is 12.0 Å². The second-order valence-corrected chi connectivity index (χ2v) is 7.65. The topological polar surface area (TPSA) is 85.9 Å². The van der Waals surface area contributed by atoms with Crippen molar-refractivity contribution in [3.63, 3.8) is 0 Å². The Hall–Kier alpha value is -3.48. The number of hydrogen-bond acceptors (Lipinski definition) is 5. The molecule has 2 N–H and O–H groups in total. The van der Waals surface area contributed by atoms with Crippen molar-refractivity contribution in [2.24, 2.45) is 0 Å². The minimum atomic E-state index is -0.657. The van der Waals surface area contributed by atoms with Crippen LogP contribution in [0, 0.1) is 13.8 Å². The fraction of sp³-hybridized carbons (Fsp3) is 0.360. The molecule has 0 fully saturated rings. The Labute approximate surface area is 188 Å². The Morgan fingerprint density at radius 2 is 1.75 bits per heavy atom. The number of carbonyl (C=O) groups is 2. The van der Waals surface area contributed by atoms with Crippen LogP contribution in [0.4, 0.5) is 4.79 Å². The molecule has 1 aliphatic rings. The predicted molar refractivity (Wildman–Crippen MR) is 122 cm³/mol. The highest BCUT2D eigenvalue weighted by molar-refractivity contribution is 5.95. The molecule has 1 atom stereocenters. The zero-order valence-electron chi connectivity index (χ0n) is 19.2. The summed E-state index contributed by atoms with van der Waals surface area (Å²) in [5.41, 5.74) is 4.95. The summed E-state index contributed by atoms with van der Waals surface area (Å²) >= 11 is 0. The zero-order valence-corrected chi connectivity index (χ0v) is 19.2. The SMILES string of the molecule is CCOC(=O)C1=C(C)NC(=O)NC1c1ccc(OCc2cc(C)ccc2C)c(OCC)c1. The fourth-order valence-electron chi connectivity index (χ4n) is 3.63. The first-order chi connectivity index (χ1) is 15.3. The largest absolute Gasteiger partial charge is 0.490 e. The molecule has 0 spiro atoms. The number of carbonyl (C=O) groups excluding carboxylic acids is 2. The smallest absolute Gasteiger partial charge is 0.338 e. The summed E-state index contributed by atoms with van der Waals surface area (Å²) in [5, 5.41) is 5.45. The first kappa shape index (κ1) is 23.2. The molecule has 2 amide bonds. The minimum Gasteiger partial charge on any atom is -0.490 e. The molecule has 0 saturated heterocycles. The second-order valence-electron chi connectivity index (χ2n) is 7.65. The highest BCUT2D eigenvalue weighted by atomic mass is 16.5. The Morgan fingerprint density at radius 3 is 2.47 bits per heavy atom. The fourth-order valence-corrected chi connectivity index (χ4v) is 3.63. The van der Waals surface area contributed by atoms with Gasteiger partial charge in [-0.3, -0.25) is 0 Å². The van der Waals surface area contributed by atoms with E-state index in [1.54, 1.807) is 26.0 Å². The lowest BCUT2D eigenvalue weighted by molar-refractivity contribution is -0.139. The van der Waals surface area contributed by atoms with E-state index >= 15 is 0 Å². The van der Waals surface area contributed by atoms with Gasteiger partial charge in [0, 0.05) is 5.70 Å². The third-order valence-electron chi connectivity index (χ3n) is 5.25. The molecule has 0 aromatic heterocycles. The van der Waals surface area contributed by atoms with Crippen LogP contribution in [0.2, 0.25) is 0 Å². The summed E-state index contributed by atoms with van der Waals surface area (Å²) in [6.07, 6.45) is 0. The highest BCUT2D eigenvalue weighted by Gasteiger charge is 2.32. The summed E-state index contributed by atoms with van der Waals surface area (Å²) in [7, 11) is 0.